The summed E-state index contributed by atoms with van der Waals surface area (Å²) in [5.74, 6) is -1.86. The van der Waals surface area contributed by atoms with Crippen LogP contribution in [0.25, 0.3) is 0 Å². The minimum atomic E-state index is -2.05. The predicted octanol–water partition coefficient (Wildman–Crippen LogP) is -3.93. The standard InChI is InChI=1S/C68H108O33/c1-26(2)12-15-38(74)67(9)56-32(91-28(4)72)20-66(8)30-13-14-37-64(5,6)39(17-18-65(37,7)29(30)16-19-68(56,66)63(85)101-67)96-62-55(43(78)36(25-89-62)95-59-49(84)54(42(77)35(23-71)92-59)99-61-48(83)53(87-11)41(76)34(22-70)94-61)100-58-45(80)44(79)50(27(3)90-58)97-57-46(81)51(31(73)24-88-57)98-60-47(82)52(86-10)40(75)33(21-69)93-60/h16,27,30-62,69-71,73-84H,1,12-15,17-25H2,2-11H3/t27-,30-,31-,32+,33-,34-,35-,36-,37+,38?,39+,40-,41-,42-,43+,44-,45-,46-,47-,48-,49-,50-,51+,52+,53+,54+,55-,56-,57+,58+,59+,60+,61+,62+,65-,66+,67+,68-/m1/s1. The van der Waals surface area contributed by atoms with Crippen molar-refractivity contribution >= 4 is 11.9 Å². The topological polar surface area (TPSA) is 485 Å². The maximum Gasteiger partial charge on any atom is 0.314 e. The Bertz CT molecular complexity index is 2890. The molecule has 33 heteroatoms. The number of esters is 2. The van der Waals surface area contributed by atoms with Crippen LogP contribution in [0.3, 0.4) is 0 Å². The highest BCUT2D eigenvalue weighted by Gasteiger charge is 2.81. The Kier molecular flexibility index (Phi) is 24.1. The smallest absolute Gasteiger partial charge is 0.314 e. The van der Waals surface area contributed by atoms with Crippen molar-refractivity contribution in [1.82, 2.24) is 0 Å². The Labute approximate surface area is 585 Å². The quantitative estimate of drug-likeness (QED) is 0.0280. The maximum absolute atomic E-state index is 14.9. The number of fused-ring (bicyclic) bond motifs is 4. The lowest BCUT2D eigenvalue weighted by atomic mass is 9.41. The number of hydrogen-bond acceptors (Lipinski definition) is 33. The van der Waals surface area contributed by atoms with E-state index in [9.17, 15) is 86.2 Å². The van der Waals surface area contributed by atoms with Crippen molar-refractivity contribution in [3.63, 3.8) is 0 Å². The Balaban J connectivity index is 0.840. The Morgan fingerprint density at radius 3 is 1.69 bits per heavy atom. The maximum atomic E-state index is 14.9. The first-order chi connectivity index (χ1) is 47.6. The van der Waals surface area contributed by atoms with Crippen molar-refractivity contribution in [1.29, 1.82) is 0 Å². The van der Waals surface area contributed by atoms with E-state index in [-0.39, 0.29) is 24.7 Å². The molecule has 0 aromatic rings. The Hall–Kier alpha value is -2.74. The van der Waals surface area contributed by atoms with E-state index in [1.54, 1.807) is 6.92 Å². The number of methoxy groups -OCH3 is 2. The van der Waals surface area contributed by atoms with Gasteiger partial charge in [0.25, 0.3) is 0 Å². The summed E-state index contributed by atoms with van der Waals surface area (Å²) in [5.41, 5.74) is -2.48. The van der Waals surface area contributed by atoms with E-state index in [1.807, 2.05) is 6.92 Å². The largest absolute Gasteiger partial charge is 0.462 e. The Morgan fingerprint density at radius 2 is 1.12 bits per heavy atom. The number of carbonyl (C=O) groups is 2. The lowest BCUT2D eigenvalue weighted by molar-refractivity contribution is -0.394. The fraction of sp³-hybridized carbons (Fsp3) is 0.912. The van der Waals surface area contributed by atoms with Crippen molar-refractivity contribution in [3.05, 3.63) is 23.8 Å². The first kappa shape index (κ1) is 79.3. The van der Waals surface area contributed by atoms with Crippen LogP contribution in [0.1, 0.15) is 107 Å². The summed E-state index contributed by atoms with van der Waals surface area (Å²) >= 11 is 0. The predicted molar refractivity (Wildman–Crippen MR) is 337 cm³/mol. The number of carbonyl (C=O) groups excluding carboxylic acids is 2. The summed E-state index contributed by atoms with van der Waals surface area (Å²) in [6.45, 7) is 15.5. The normalized spacial score (nSPS) is 51.5. The van der Waals surface area contributed by atoms with E-state index < -0.39 is 268 Å². The average molecular weight is 1450 g/mol. The molecule has 0 aromatic heterocycles. The molecule has 11 rings (SSSR count). The lowest BCUT2D eigenvalue weighted by Crippen LogP contribution is -2.67. The van der Waals surface area contributed by atoms with Crippen LogP contribution in [-0.4, -0.2) is 332 Å². The van der Waals surface area contributed by atoms with Gasteiger partial charge in [0.1, 0.15) is 140 Å². The van der Waals surface area contributed by atoms with Gasteiger partial charge in [0, 0.05) is 21.1 Å². The number of aliphatic hydroxyl groups is 15. The first-order valence-corrected chi connectivity index (χ1v) is 35.2. The average Bonchev–Trinajstić information content (AvgIpc) is 1.50. The zero-order chi connectivity index (χ0) is 73.7. The van der Waals surface area contributed by atoms with Crippen molar-refractivity contribution in [2.75, 3.05) is 47.3 Å². The van der Waals surface area contributed by atoms with Crippen LogP contribution in [0, 0.1) is 39.4 Å². The van der Waals surface area contributed by atoms with Gasteiger partial charge in [-0.15, -0.1) is 6.58 Å². The molecule has 0 radical (unpaired) electrons. The van der Waals surface area contributed by atoms with Gasteiger partial charge >= 0.3 is 11.9 Å². The molecule has 10 fully saturated rings. The van der Waals surface area contributed by atoms with Gasteiger partial charge in [0.15, 0.2) is 37.7 Å². The van der Waals surface area contributed by atoms with Crippen LogP contribution in [0.4, 0.5) is 0 Å². The van der Waals surface area contributed by atoms with Crippen LogP contribution in [0.2, 0.25) is 0 Å². The highest BCUT2D eigenvalue weighted by Crippen LogP contribution is 2.76. The van der Waals surface area contributed by atoms with E-state index in [1.165, 1.54) is 28.1 Å². The summed E-state index contributed by atoms with van der Waals surface area (Å²) in [6.07, 6.45) is -43.2. The molecule has 0 bridgehead atoms. The minimum Gasteiger partial charge on any atom is -0.462 e. The number of hydrogen-bond donors (Lipinski definition) is 15. The highest BCUT2D eigenvalue weighted by molar-refractivity contribution is 5.84. The van der Waals surface area contributed by atoms with E-state index in [0.717, 1.165) is 11.1 Å². The molecule has 7 aliphatic heterocycles. The molecule has 1 unspecified atom stereocenters. The van der Waals surface area contributed by atoms with Crippen molar-refractivity contribution < 1.29 is 162 Å². The third-order valence-corrected chi connectivity index (χ3v) is 24.7. The third-order valence-electron chi connectivity index (χ3n) is 24.7. The molecule has 7 saturated heterocycles. The number of rotatable bonds is 22. The molecular formula is C68H108O33. The molecule has 0 amide bonds. The molecule has 15 N–H and O–H groups in total. The van der Waals surface area contributed by atoms with Crippen LogP contribution < -0.4 is 0 Å². The monoisotopic (exact) mass is 1450 g/mol. The van der Waals surface area contributed by atoms with Gasteiger partial charge in [-0.25, -0.2) is 0 Å². The fourth-order valence-corrected chi connectivity index (χ4v) is 19.3. The van der Waals surface area contributed by atoms with Gasteiger partial charge in [-0.3, -0.25) is 9.59 Å². The molecule has 38 atom stereocenters. The number of allylic oxidation sites excluding steroid dienone is 3. The summed E-state index contributed by atoms with van der Waals surface area (Å²) in [6, 6.07) is 0. The second kappa shape index (κ2) is 30.7. The van der Waals surface area contributed by atoms with Crippen molar-refractivity contribution in [2.45, 2.75) is 303 Å². The summed E-state index contributed by atoms with van der Waals surface area (Å²) < 4.78 is 96.2. The van der Waals surface area contributed by atoms with E-state index in [2.05, 4.69) is 40.3 Å². The van der Waals surface area contributed by atoms with Crippen LogP contribution >= 0.6 is 0 Å². The third kappa shape index (κ3) is 13.9. The molecule has 7 heterocycles. The van der Waals surface area contributed by atoms with Gasteiger partial charge in [-0.1, -0.05) is 44.9 Å². The molecule has 33 nitrogen and oxygen atoms in total. The SMILES string of the molecule is C=C(C)CCC(O)[C@]1(C)OC(=O)[C@]23CC=C4[C@@H](CC[C@H]5C(C)(C)[C@@H](O[C@@H]6OC[C@@H](O[C@@H]7O[C@H](CO)[C@@H](O)[C@H](O[C@@H]8O[C@H](CO)[C@@H](O)[C@H](OC)[C@H]8O)[C@H]7O)[C@H](O)[C@H]6O[C@@H]6O[C@H](C)[C@@H](O[C@@H]7OC[C@@H](O)[C@H](O[C@@H]8O[C@H](CO)[C@@H](O)[C@H](OC)[C@H]8O)[C@H]7O)[C@H](O)[C@H]6O)CC[C@]45C)[C@]2(C)C[C@H](OC(C)=O)[C@H]13. The zero-order valence-corrected chi connectivity index (χ0v) is 58.7. The molecule has 4 aliphatic carbocycles. The number of cyclic esters (lactones) is 1. The molecule has 3 saturated carbocycles. The first-order valence-electron chi connectivity index (χ1n) is 35.2. The van der Waals surface area contributed by atoms with E-state index >= 15 is 0 Å². The zero-order valence-electron chi connectivity index (χ0n) is 58.7. The lowest BCUT2D eigenvalue weighted by Gasteiger charge is -2.63. The molecule has 578 valence electrons. The molecule has 11 aliphatic rings. The fourth-order valence-electron chi connectivity index (χ4n) is 19.3. The molecule has 1 spiro atoms. The van der Waals surface area contributed by atoms with Gasteiger partial charge in [-0.2, -0.15) is 0 Å². The van der Waals surface area contributed by atoms with Gasteiger partial charge < -0.3 is 152 Å². The van der Waals surface area contributed by atoms with Crippen LogP contribution in [0.15, 0.2) is 23.8 Å². The number of aliphatic hydroxyl groups excluding tert-OH is 15. The summed E-state index contributed by atoms with van der Waals surface area (Å²) in [7, 11) is 2.38. The van der Waals surface area contributed by atoms with E-state index in [0.29, 0.717) is 38.5 Å². The molecule has 0 aromatic carbocycles. The second-order valence-electron chi connectivity index (χ2n) is 31.0. The van der Waals surface area contributed by atoms with Crippen molar-refractivity contribution in [3.8, 4) is 0 Å². The van der Waals surface area contributed by atoms with Gasteiger partial charge in [0.05, 0.1) is 62.7 Å². The highest BCUT2D eigenvalue weighted by atomic mass is 16.8. The Morgan fingerprint density at radius 1 is 0.594 bits per heavy atom. The van der Waals surface area contributed by atoms with Crippen molar-refractivity contribution in [2.24, 2.45) is 39.4 Å². The van der Waals surface area contributed by atoms with Gasteiger partial charge in [-0.05, 0) is 100 Å². The van der Waals surface area contributed by atoms with Crippen LogP contribution in [0.5, 0.6) is 0 Å². The van der Waals surface area contributed by atoms with Crippen LogP contribution in [-0.2, 0) is 85.4 Å². The summed E-state index contributed by atoms with van der Waals surface area (Å²) in [4.78, 5) is 27.8. The second-order valence-corrected chi connectivity index (χ2v) is 31.0. The number of ether oxygens (including phenoxy) is 16. The molecule has 101 heavy (non-hydrogen) atoms. The molecular weight excluding hydrogens is 1340 g/mol. The minimum absolute atomic E-state index is 0.102. The summed E-state index contributed by atoms with van der Waals surface area (Å²) in [5, 5.41) is 168. The van der Waals surface area contributed by atoms with Gasteiger partial charge in [0.2, 0.25) is 0 Å². The van der Waals surface area contributed by atoms with E-state index in [4.69, 9.17) is 75.8 Å².